The first-order chi connectivity index (χ1) is 16.5. The van der Waals surface area contributed by atoms with Gasteiger partial charge in [0.1, 0.15) is 5.56 Å². The fraction of sp³-hybridized carbons (Fsp3) is 0.500. The lowest BCUT2D eigenvalue weighted by atomic mass is 10.1. The van der Waals surface area contributed by atoms with Crippen LogP contribution in [0.5, 0.6) is 0 Å². The second-order valence-corrected chi connectivity index (χ2v) is 8.38. The molecular weight excluding hydrogens is 438 g/mol. The standard InChI is InChI=1S/C24H31N5O5/c1-3-34-24(32)21-16-25-29(18(21)2)20-6-4-19(5-7-20)23(31)28-10-8-27(9-11-28)22(30)17-26-12-14-33-15-13-26/h4-7,16H,3,8-15,17H2,1-2H3. The first-order valence-electron chi connectivity index (χ1n) is 11.7. The molecule has 4 rings (SSSR count). The molecule has 0 saturated carbocycles. The van der Waals surface area contributed by atoms with Crippen LogP contribution in [-0.2, 0) is 14.3 Å². The number of hydrogen-bond donors (Lipinski definition) is 0. The van der Waals surface area contributed by atoms with E-state index in [0.29, 0.717) is 69.4 Å². The third-order valence-electron chi connectivity index (χ3n) is 6.25. The molecule has 2 aliphatic heterocycles. The van der Waals surface area contributed by atoms with Crippen molar-refractivity contribution >= 4 is 17.8 Å². The first-order valence-corrected chi connectivity index (χ1v) is 11.7. The molecule has 0 atom stereocenters. The summed E-state index contributed by atoms with van der Waals surface area (Å²) in [6.07, 6.45) is 1.49. The molecule has 0 aliphatic carbocycles. The van der Waals surface area contributed by atoms with E-state index in [-0.39, 0.29) is 11.8 Å². The summed E-state index contributed by atoms with van der Waals surface area (Å²) in [5, 5.41) is 4.29. The zero-order chi connectivity index (χ0) is 24.1. The molecule has 0 N–H and O–H groups in total. The van der Waals surface area contributed by atoms with E-state index in [2.05, 4.69) is 10.00 Å². The lowest BCUT2D eigenvalue weighted by molar-refractivity contribution is -0.134. The number of aromatic nitrogens is 2. The summed E-state index contributed by atoms with van der Waals surface area (Å²) in [4.78, 5) is 43.4. The van der Waals surface area contributed by atoms with Crippen molar-refractivity contribution in [2.45, 2.75) is 13.8 Å². The lowest BCUT2D eigenvalue weighted by Gasteiger charge is -2.36. The van der Waals surface area contributed by atoms with Crippen LogP contribution < -0.4 is 0 Å². The van der Waals surface area contributed by atoms with Crippen LogP contribution in [0.15, 0.2) is 30.5 Å². The quantitative estimate of drug-likeness (QED) is 0.582. The van der Waals surface area contributed by atoms with E-state index in [9.17, 15) is 14.4 Å². The molecule has 182 valence electrons. The van der Waals surface area contributed by atoms with Gasteiger partial charge in [0.25, 0.3) is 5.91 Å². The number of piperazine rings is 1. The summed E-state index contributed by atoms with van der Waals surface area (Å²) >= 11 is 0. The van der Waals surface area contributed by atoms with Gasteiger partial charge in [-0.05, 0) is 38.1 Å². The molecule has 2 aromatic rings. The Bertz CT molecular complexity index is 1020. The molecule has 2 saturated heterocycles. The Balaban J connectivity index is 1.33. The van der Waals surface area contributed by atoms with Gasteiger partial charge in [0.05, 0.1) is 43.9 Å². The third-order valence-corrected chi connectivity index (χ3v) is 6.25. The van der Waals surface area contributed by atoms with Crippen LogP contribution in [-0.4, -0.2) is 108 Å². The Labute approximate surface area is 199 Å². The molecule has 2 aliphatic rings. The summed E-state index contributed by atoms with van der Waals surface area (Å²) in [6, 6.07) is 7.14. The second-order valence-electron chi connectivity index (χ2n) is 8.38. The van der Waals surface area contributed by atoms with Crippen molar-refractivity contribution in [1.29, 1.82) is 0 Å². The van der Waals surface area contributed by atoms with Crippen LogP contribution in [0.2, 0.25) is 0 Å². The number of benzene rings is 1. The maximum absolute atomic E-state index is 13.0. The fourth-order valence-corrected chi connectivity index (χ4v) is 4.22. The van der Waals surface area contributed by atoms with E-state index < -0.39 is 5.97 Å². The van der Waals surface area contributed by atoms with Gasteiger partial charge in [0.2, 0.25) is 5.91 Å². The molecule has 0 unspecified atom stereocenters. The SMILES string of the molecule is CCOC(=O)c1cnn(-c2ccc(C(=O)N3CCN(C(=O)CN4CCOCC4)CC3)cc2)c1C. The van der Waals surface area contributed by atoms with Crippen molar-refractivity contribution in [1.82, 2.24) is 24.5 Å². The van der Waals surface area contributed by atoms with E-state index in [1.807, 2.05) is 17.0 Å². The van der Waals surface area contributed by atoms with Gasteiger partial charge in [0, 0.05) is 44.8 Å². The number of morpholine rings is 1. The van der Waals surface area contributed by atoms with Crippen molar-refractivity contribution in [3.63, 3.8) is 0 Å². The number of carbonyl (C=O) groups excluding carboxylic acids is 3. The average molecular weight is 470 g/mol. The van der Waals surface area contributed by atoms with Crippen molar-refractivity contribution in [2.75, 3.05) is 65.6 Å². The molecule has 10 heteroatoms. The Morgan fingerprint density at radius 3 is 2.26 bits per heavy atom. The Morgan fingerprint density at radius 1 is 0.971 bits per heavy atom. The predicted molar refractivity (Wildman–Crippen MR) is 124 cm³/mol. The maximum Gasteiger partial charge on any atom is 0.341 e. The van der Waals surface area contributed by atoms with Gasteiger partial charge in [0.15, 0.2) is 0 Å². The van der Waals surface area contributed by atoms with Crippen molar-refractivity contribution in [3.05, 3.63) is 47.3 Å². The molecule has 1 aromatic heterocycles. The number of esters is 1. The second kappa shape index (κ2) is 10.8. The molecule has 0 radical (unpaired) electrons. The van der Waals surface area contributed by atoms with Gasteiger partial charge < -0.3 is 19.3 Å². The number of amides is 2. The number of hydrogen-bond acceptors (Lipinski definition) is 7. The van der Waals surface area contributed by atoms with Gasteiger partial charge in [-0.2, -0.15) is 5.10 Å². The largest absolute Gasteiger partial charge is 0.462 e. The Morgan fingerprint density at radius 2 is 1.62 bits per heavy atom. The van der Waals surface area contributed by atoms with Crippen LogP contribution in [0.4, 0.5) is 0 Å². The summed E-state index contributed by atoms with van der Waals surface area (Å²) in [7, 11) is 0. The van der Waals surface area contributed by atoms with E-state index in [4.69, 9.17) is 9.47 Å². The Kier molecular flexibility index (Phi) is 7.59. The molecule has 10 nitrogen and oxygen atoms in total. The predicted octanol–water partition coefficient (Wildman–Crippen LogP) is 0.974. The highest BCUT2D eigenvalue weighted by Crippen LogP contribution is 2.17. The number of carbonyl (C=O) groups is 3. The van der Waals surface area contributed by atoms with Gasteiger partial charge >= 0.3 is 5.97 Å². The number of rotatable bonds is 6. The van der Waals surface area contributed by atoms with E-state index >= 15 is 0 Å². The fourth-order valence-electron chi connectivity index (χ4n) is 4.22. The summed E-state index contributed by atoms with van der Waals surface area (Å²) in [5.41, 5.74) is 2.42. The van der Waals surface area contributed by atoms with Crippen LogP contribution in [0.3, 0.4) is 0 Å². The van der Waals surface area contributed by atoms with Crippen LogP contribution in [0.25, 0.3) is 5.69 Å². The van der Waals surface area contributed by atoms with Gasteiger partial charge in [-0.3, -0.25) is 14.5 Å². The third kappa shape index (κ3) is 5.28. The smallest absolute Gasteiger partial charge is 0.341 e. The van der Waals surface area contributed by atoms with Crippen molar-refractivity contribution in [3.8, 4) is 5.69 Å². The van der Waals surface area contributed by atoms with Gasteiger partial charge in [-0.15, -0.1) is 0 Å². The molecular formula is C24H31N5O5. The molecule has 2 fully saturated rings. The molecule has 0 spiro atoms. The first kappa shape index (κ1) is 23.9. The molecule has 3 heterocycles. The lowest BCUT2D eigenvalue weighted by Crippen LogP contribution is -2.53. The highest BCUT2D eigenvalue weighted by atomic mass is 16.5. The summed E-state index contributed by atoms with van der Waals surface area (Å²) in [5.74, 6) is -0.355. The molecule has 34 heavy (non-hydrogen) atoms. The Hall–Kier alpha value is -3.24. The summed E-state index contributed by atoms with van der Waals surface area (Å²) in [6.45, 7) is 9.26. The zero-order valence-electron chi connectivity index (χ0n) is 19.7. The average Bonchev–Trinajstić information content (AvgIpc) is 3.26. The molecule has 1 aromatic carbocycles. The van der Waals surface area contributed by atoms with Crippen LogP contribution in [0, 0.1) is 6.92 Å². The van der Waals surface area contributed by atoms with E-state index in [1.54, 1.807) is 35.6 Å². The van der Waals surface area contributed by atoms with Crippen molar-refractivity contribution in [2.24, 2.45) is 0 Å². The topological polar surface area (TPSA) is 97.2 Å². The zero-order valence-corrected chi connectivity index (χ0v) is 19.7. The van der Waals surface area contributed by atoms with Crippen molar-refractivity contribution < 1.29 is 23.9 Å². The minimum Gasteiger partial charge on any atom is -0.462 e. The monoisotopic (exact) mass is 469 g/mol. The van der Waals surface area contributed by atoms with Gasteiger partial charge in [-0.25, -0.2) is 9.48 Å². The molecule has 2 amide bonds. The normalized spacial score (nSPS) is 17.0. The van der Waals surface area contributed by atoms with E-state index in [0.717, 1.165) is 18.8 Å². The summed E-state index contributed by atoms with van der Waals surface area (Å²) < 4.78 is 12.0. The van der Waals surface area contributed by atoms with E-state index in [1.165, 1.54) is 6.20 Å². The highest BCUT2D eigenvalue weighted by molar-refractivity contribution is 5.94. The van der Waals surface area contributed by atoms with Crippen LogP contribution >= 0.6 is 0 Å². The highest BCUT2D eigenvalue weighted by Gasteiger charge is 2.26. The molecule has 0 bridgehead atoms. The minimum absolute atomic E-state index is 0.0590. The maximum atomic E-state index is 13.0. The minimum atomic E-state index is -0.402. The number of nitrogens with zero attached hydrogens (tertiary/aromatic N) is 5. The number of ether oxygens (including phenoxy) is 2. The van der Waals surface area contributed by atoms with Crippen LogP contribution in [0.1, 0.15) is 33.3 Å². The van der Waals surface area contributed by atoms with Gasteiger partial charge in [-0.1, -0.05) is 0 Å².